The molecular formula is C28H57N3O3. The van der Waals surface area contributed by atoms with E-state index in [-0.39, 0.29) is 40.5 Å². The first kappa shape index (κ1) is 32.9. The molecule has 0 aliphatic carbocycles. The molecule has 2 unspecified atom stereocenters. The molecule has 0 spiro atoms. The number of nitrogens with two attached hydrogens (primary N) is 1. The van der Waals surface area contributed by atoms with Gasteiger partial charge < -0.3 is 16.3 Å². The molecule has 2 amide bonds. The monoisotopic (exact) mass is 483 g/mol. The number of piperidine rings is 1. The Morgan fingerprint density at radius 3 is 1.74 bits per heavy atom. The molecule has 1 heterocycles. The average molecular weight is 484 g/mol. The fourth-order valence-corrected chi connectivity index (χ4v) is 5.47. The van der Waals surface area contributed by atoms with Crippen molar-refractivity contribution < 1.29 is 14.8 Å². The van der Waals surface area contributed by atoms with Crippen LogP contribution in [0.4, 0.5) is 0 Å². The van der Waals surface area contributed by atoms with E-state index in [0.29, 0.717) is 19.3 Å². The SMILES string of the molecule is CC(C)C.CC(CC(N)=O)CC(C)(C)C(CC(C)(C)C)C(=O)NC1CC(C)(C)N(O)C(C)(C)C1. The number of nitrogens with one attached hydrogen (secondary N) is 1. The van der Waals surface area contributed by atoms with Gasteiger partial charge in [-0.15, -0.1) is 0 Å². The van der Waals surface area contributed by atoms with Crippen LogP contribution in [0.3, 0.4) is 0 Å². The largest absolute Gasteiger partial charge is 0.370 e. The van der Waals surface area contributed by atoms with Crippen LogP contribution >= 0.6 is 0 Å². The normalized spacial score (nSPS) is 20.8. The summed E-state index contributed by atoms with van der Waals surface area (Å²) in [5.74, 6) is 0.564. The maximum atomic E-state index is 13.6. The lowest BCUT2D eigenvalue weighted by molar-refractivity contribution is -0.246. The second-order valence-corrected chi connectivity index (χ2v) is 14.6. The molecular weight excluding hydrogens is 426 g/mol. The summed E-state index contributed by atoms with van der Waals surface area (Å²) in [5.41, 5.74) is 4.30. The Morgan fingerprint density at radius 2 is 1.38 bits per heavy atom. The molecule has 0 radical (unpaired) electrons. The summed E-state index contributed by atoms with van der Waals surface area (Å²) in [5, 5.41) is 15.3. The third-order valence-corrected chi connectivity index (χ3v) is 6.49. The predicted octanol–water partition coefficient (Wildman–Crippen LogP) is 6.16. The molecule has 6 nitrogen and oxygen atoms in total. The van der Waals surface area contributed by atoms with Crippen molar-refractivity contribution >= 4 is 11.8 Å². The Kier molecular flexibility index (Phi) is 11.8. The van der Waals surface area contributed by atoms with Gasteiger partial charge in [0.25, 0.3) is 0 Å². The Bertz CT molecular complexity index is 642. The highest BCUT2D eigenvalue weighted by molar-refractivity contribution is 5.80. The van der Waals surface area contributed by atoms with Crippen molar-refractivity contribution in [2.24, 2.45) is 34.3 Å². The van der Waals surface area contributed by atoms with E-state index >= 15 is 0 Å². The van der Waals surface area contributed by atoms with E-state index in [9.17, 15) is 14.8 Å². The first-order chi connectivity index (χ1) is 15.0. The molecule has 0 bridgehead atoms. The van der Waals surface area contributed by atoms with Crippen LogP contribution < -0.4 is 11.1 Å². The lowest BCUT2D eigenvalue weighted by atomic mass is 9.66. The molecule has 1 aliphatic rings. The van der Waals surface area contributed by atoms with Crippen molar-refractivity contribution in [2.75, 3.05) is 0 Å². The molecule has 1 aliphatic heterocycles. The Balaban J connectivity index is 0.00000251. The Morgan fingerprint density at radius 1 is 0.971 bits per heavy atom. The van der Waals surface area contributed by atoms with E-state index in [1.807, 2.05) is 34.6 Å². The van der Waals surface area contributed by atoms with Gasteiger partial charge in [0.05, 0.1) is 0 Å². The molecule has 34 heavy (non-hydrogen) atoms. The fraction of sp³-hybridized carbons (Fsp3) is 0.929. The van der Waals surface area contributed by atoms with Gasteiger partial charge in [-0.1, -0.05) is 62.3 Å². The highest BCUT2D eigenvalue weighted by Gasteiger charge is 2.46. The van der Waals surface area contributed by atoms with Crippen molar-refractivity contribution in [2.45, 2.75) is 139 Å². The minimum atomic E-state index is -0.412. The fourth-order valence-electron chi connectivity index (χ4n) is 5.47. The summed E-state index contributed by atoms with van der Waals surface area (Å²) in [6, 6.07) is 0.00668. The van der Waals surface area contributed by atoms with E-state index in [1.165, 1.54) is 5.06 Å². The quantitative estimate of drug-likeness (QED) is 0.385. The van der Waals surface area contributed by atoms with Gasteiger partial charge in [-0.2, -0.15) is 5.06 Å². The van der Waals surface area contributed by atoms with Crippen molar-refractivity contribution in [3.8, 4) is 0 Å². The van der Waals surface area contributed by atoms with E-state index in [1.54, 1.807) is 0 Å². The number of hydrogen-bond donors (Lipinski definition) is 3. The molecule has 1 rings (SSSR count). The molecule has 202 valence electrons. The van der Waals surface area contributed by atoms with Crippen LogP contribution in [0.5, 0.6) is 0 Å². The third kappa shape index (κ3) is 11.5. The smallest absolute Gasteiger partial charge is 0.223 e. The molecule has 4 N–H and O–H groups in total. The van der Waals surface area contributed by atoms with Crippen molar-refractivity contribution in [3.63, 3.8) is 0 Å². The van der Waals surface area contributed by atoms with Gasteiger partial charge in [-0.05, 0) is 76.0 Å². The van der Waals surface area contributed by atoms with Crippen LogP contribution in [0.25, 0.3) is 0 Å². The van der Waals surface area contributed by atoms with E-state index < -0.39 is 11.1 Å². The van der Waals surface area contributed by atoms with E-state index in [0.717, 1.165) is 18.8 Å². The van der Waals surface area contributed by atoms with Crippen LogP contribution in [0.1, 0.15) is 122 Å². The lowest BCUT2D eigenvalue weighted by Gasteiger charge is -2.52. The number of hydrogen-bond acceptors (Lipinski definition) is 4. The van der Waals surface area contributed by atoms with Crippen molar-refractivity contribution in [3.05, 3.63) is 0 Å². The first-order valence-corrected chi connectivity index (χ1v) is 13.1. The molecule has 0 aromatic carbocycles. The minimum Gasteiger partial charge on any atom is -0.370 e. The first-order valence-electron chi connectivity index (χ1n) is 13.1. The van der Waals surface area contributed by atoms with Gasteiger partial charge in [-0.25, -0.2) is 0 Å². The van der Waals surface area contributed by atoms with Gasteiger partial charge in [0.15, 0.2) is 0 Å². The third-order valence-electron chi connectivity index (χ3n) is 6.49. The van der Waals surface area contributed by atoms with Gasteiger partial charge in [-0.3, -0.25) is 9.59 Å². The Labute approximate surface area is 210 Å². The van der Waals surface area contributed by atoms with Crippen molar-refractivity contribution in [1.29, 1.82) is 0 Å². The maximum Gasteiger partial charge on any atom is 0.223 e. The van der Waals surface area contributed by atoms with Crippen LogP contribution in [-0.2, 0) is 9.59 Å². The van der Waals surface area contributed by atoms with Crippen LogP contribution in [0, 0.1) is 28.6 Å². The average Bonchev–Trinajstić information content (AvgIpc) is 2.54. The number of carbonyl (C=O) groups excluding carboxylic acids is 2. The summed E-state index contributed by atoms with van der Waals surface area (Å²) < 4.78 is 0. The van der Waals surface area contributed by atoms with Gasteiger partial charge in [0, 0.05) is 29.5 Å². The van der Waals surface area contributed by atoms with Crippen LogP contribution in [0.2, 0.25) is 0 Å². The highest BCUT2D eigenvalue weighted by atomic mass is 16.5. The molecule has 0 aromatic rings. The number of rotatable bonds is 8. The molecule has 0 aromatic heterocycles. The predicted molar refractivity (Wildman–Crippen MR) is 142 cm³/mol. The number of hydroxylamine groups is 2. The zero-order chi connectivity index (χ0) is 27.3. The molecule has 1 saturated heterocycles. The summed E-state index contributed by atoms with van der Waals surface area (Å²) in [6.45, 7) is 27.3. The number of nitrogens with zero attached hydrogens (tertiary/aromatic N) is 1. The van der Waals surface area contributed by atoms with Crippen molar-refractivity contribution in [1.82, 2.24) is 10.4 Å². The highest BCUT2D eigenvalue weighted by Crippen LogP contribution is 2.42. The second kappa shape index (κ2) is 12.2. The van der Waals surface area contributed by atoms with Gasteiger partial charge >= 0.3 is 0 Å². The zero-order valence-electron chi connectivity index (χ0n) is 24.6. The lowest BCUT2D eigenvalue weighted by Crippen LogP contribution is -2.63. The van der Waals surface area contributed by atoms with Gasteiger partial charge in [0.2, 0.25) is 11.8 Å². The zero-order valence-corrected chi connectivity index (χ0v) is 24.6. The molecule has 2 atom stereocenters. The van der Waals surface area contributed by atoms with E-state index in [4.69, 9.17) is 5.73 Å². The standard InChI is InChI=1S/C24H47N3O3.C4H10/c1-16(11-19(25)28)12-22(5,6)18(15-21(2,3)4)20(29)26-17-13-23(7,8)27(30)24(9,10)14-17;1-4(2)3/h16-18,30H,11-15H2,1-10H3,(H2,25,28)(H,26,29);4H,1-3H3. The minimum absolute atomic E-state index is 0.000788. The second-order valence-electron chi connectivity index (χ2n) is 14.6. The summed E-state index contributed by atoms with van der Waals surface area (Å²) in [6.07, 6.45) is 3.25. The number of amides is 2. The number of primary amides is 1. The molecule has 0 saturated carbocycles. The summed E-state index contributed by atoms with van der Waals surface area (Å²) in [4.78, 5) is 24.9. The van der Waals surface area contributed by atoms with Gasteiger partial charge in [0.1, 0.15) is 0 Å². The Hall–Kier alpha value is -1.14. The molecule has 6 heteroatoms. The molecule has 1 fully saturated rings. The van der Waals surface area contributed by atoms with E-state index in [2.05, 4.69) is 60.7 Å². The van der Waals surface area contributed by atoms with Crippen LogP contribution in [-0.4, -0.2) is 39.2 Å². The number of carbonyl (C=O) groups is 2. The maximum absolute atomic E-state index is 13.6. The summed E-state index contributed by atoms with van der Waals surface area (Å²) in [7, 11) is 0. The van der Waals surface area contributed by atoms with Crippen LogP contribution in [0.15, 0.2) is 0 Å². The summed E-state index contributed by atoms with van der Waals surface area (Å²) >= 11 is 0. The topological polar surface area (TPSA) is 95.7 Å².